The number of hydrogen-bond donors (Lipinski definition) is 0. The molecule has 1 atom stereocenters. The Labute approximate surface area is 147 Å². The van der Waals surface area contributed by atoms with Crippen molar-refractivity contribution in [2.45, 2.75) is 25.4 Å². The van der Waals surface area contributed by atoms with Crippen LogP contribution in [0.25, 0.3) is 11.3 Å². The van der Waals surface area contributed by atoms with E-state index in [1.54, 1.807) is 0 Å². The minimum absolute atomic E-state index is 0.348. The fourth-order valence-electron chi connectivity index (χ4n) is 3.53. The van der Waals surface area contributed by atoms with Crippen molar-refractivity contribution in [3.05, 3.63) is 77.8 Å². The zero-order valence-corrected chi connectivity index (χ0v) is 13.9. The Kier molecular flexibility index (Phi) is 4.32. The van der Waals surface area contributed by atoms with Gasteiger partial charge in [-0.05, 0) is 55.8 Å². The number of likely N-dealkylation sites (tertiary alicyclic amines) is 1. The van der Waals surface area contributed by atoms with Crippen LogP contribution in [0.4, 0.5) is 0 Å². The Hall–Kier alpha value is -2.90. The summed E-state index contributed by atoms with van der Waals surface area (Å²) in [5.74, 6) is 1.67. The summed E-state index contributed by atoms with van der Waals surface area (Å²) in [6, 6.07) is 20.2. The molecule has 1 aliphatic heterocycles. The molecule has 2 aromatic heterocycles. The van der Waals surface area contributed by atoms with Crippen LogP contribution in [0.2, 0.25) is 0 Å². The lowest BCUT2D eigenvalue weighted by Crippen LogP contribution is -2.23. The molecule has 4 rings (SSSR count). The van der Waals surface area contributed by atoms with Crippen molar-refractivity contribution in [3.8, 4) is 17.4 Å². The van der Waals surface area contributed by atoms with E-state index < -0.39 is 0 Å². The highest BCUT2D eigenvalue weighted by Gasteiger charge is 2.27. The second-order valence-corrected chi connectivity index (χ2v) is 6.31. The fraction of sp³-hybridized carbons (Fsp3) is 0.238. The van der Waals surface area contributed by atoms with Gasteiger partial charge in [0.25, 0.3) is 0 Å². The van der Waals surface area contributed by atoms with Crippen LogP contribution in [0.5, 0.6) is 0 Å². The van der Waals surface area contributed by atoms with Crippen molar-refractivity contribution in [3.63, 3.8) is 0 Å². The van der Waals surface area contributed by atoms with Gasteiger partial charge in [0.05, 0.1) is 29.9 Å². The number of benzene rings is 1. The molecule has 1 aliphatic rings. The molecule has 0 spiro atoms. The molecule has 0 saturated carbocycles. The van der Waals surface area contributed by atoms with E-state index in [0.717, 1.165) is 42.3 Å². The zero-order valence-electron chi connectivity index (χ0n) is 13.9. The van der Waals surface area contributed by atoms with Crippen molar-refractivity contribution in [1.29, 1.82) is 5.26 Å². The number of nitrogens with zero attached hydrogens (tertiary/aromatic N) is 3. The molecule has 124 valence electrons. The standard InChI is InChI=1S/C21H19N3O/c22-14-16-6-1-2-7-18(16)21-11-10-17(25-21)15-24-13-5-9-20(24)19-8-3-4-12-23-19/h1-4,6-8,10-12,20H,5,9,13,15H2. The third kappa shape index (κ3) is 3.19. The summed E-state index contributed by atoms with van der Waals surface area (Å²) in [6.45, 7) is 1.81. The Bertz CT molecular complexity index is 895. The van der Waals surface area contributed by atoms with Crippen LogP contribution < -0.4 is 0 Å². The van der Waals surface area contributed by atoms with Crippen molar-refractivity contribution in [2.75, 3.05) is 6.54 Å². The molecule has 0 radical (unpaired) electrons. The highest BCUT2D eigenvalue weighted by molar-refractivity contribution is 5.66. The third-order valence-electron chi connectivity index (χ3n) is 4.73. The van der Waals surface area contributed by atoms with Crippen LogP contribution in [0, 0.1) is 11.3 Å². The van der Waals surface area contributed by atoms with Gasteiger partial charge in [-0.1, -0.05) is 18.2 Å². The van der Waals surface area contributed by atoms with Gasteiger partial charge in [-0.3, -0.25) is 9.88 Å². The van der Waals surface area contributed by atoms with Gasteiger partial charge in [0, 0.05) is 11.8 Å². The molecule has 3 heterocycles. The second-order valence-electron chi connectivity index (χ2n) is 6.31. The van der Waals surface area contributed by atoms with Gasteiger partial charge < -0.3 is 4.42 Å². The van der Waals surface area contributed by atoms with Crippen molar-refractivity contribution in [2.24, 2.45) is 0 Å². The summed E-state index contributed by atoms with van der Waals surface area (Å²) in [6.07, 6.45) is 4.16. The van der Waals surface area contributed by atoms with Crippen LogP contribution in [-0.4, -0.2) is 16.4 Å². The van der Waals surface area contributed by atoms with Crippen LogP contribution in [0.1, 0.15) is 35.9 Å². The molecule has 1 aromatic carbocycles. The first-order valence-electron chi connectivity index (χ1n) is 8.58. The topological polar surface area (TPSA) is 53.1 Å². The predicted molar refractivity (Wildman–Crippen MR) is 95.5 cm³/mol. The van der Waals surface area contributed by atoms with E-state index in [0.29, 0.717) is 11.6 Å². The number of rotatable bonds is 4. The summed E-state index contributed by atoms with van der Waals surface area (Å²) < 4.78 is 6.05. The summed E-state index contributed by atoms with van der Waals surface area (Å²) in [7, 11) is 0. The maximum absolute atomic E-state index is 9.27. The van der Waals surface area contributed by atoms with Gasteiger partial charge in [-0.15, -0.1) is 0 Å². The molecular weight excluding hydrogens is 310 g/mol. The molecule has 0 aliphatic carbocycles. The highest BCUT2D eigenvalue weighted by Crippen LogP contribution is 2.33. The zero-order chi connectivity index (χ0) is 17.1. The number of hydrogen-bond acceptors (Lipinski definition) is 4. The SMILES string of the molecule is N#Cc1ccccc1-c1ccc(CN2CCCC2c2ccccn2)o1. The molecule has 1 saturated heterocycles. The summed E-state index contributed by atoms with van der Waals surface area (Å²) in [5.41, 5.74) is 2.61. The molecule has 3 aromatic rings. The van der Waals surface area contributed by atoms with Gasteiger partial charge in [0.15, 0.2) is 0 Å². The molecule has 25 heavy (non-hydrogen) atoms. The van der Waals surface area contributed by atoms with Crippen molar-refractivity contribution in [1.82, 2.24) is 9.88 Å². The maximum Gasteiger partial charge on any atom is 0.135 e. The Morgan fingerprint density at radius 3 is 2.84 bits per heavy atom. The van der Waals surface area contributed by atoms with Crippen LogP contribution in [0.15, 0.2) is 65.2 Å². The summed E-state index contributed by atoms with van der Waals surface area (Å²) in [5, 5.41) is 9.27. The van der Waals surface area contributed by atoms with E-state index in [4.69, 9.17) is 4.42 Å². The van der Waals surface area contributed by atoms with Gasteiger partial charge in [-0.25, -0.2) is 0 Å². The van der Waals surface area contributed by atoms with Gasteiger partial charge in [0.2, 0.25) is 0 Å². The molecule has 0 N–H and O–H groups in total. The number of pyridine rings is 1. The Morgan fingerprint density at radius 1 is 1.12 bits per heavy atom. The average molecular weight is 329 g/mol. The normalized spacial score (nSPS) is 17.5. The summed E-state index contributed by atoms with van der Waals surface area (Å²) >= 11 is 0. The van der Waals surface area contributed by atoms with Crippen molar-refractivity contribution < 1.29 is 4.42 Å². The number of aromatic nitrogens is 1. The number of furan rings is 1. The second kappa shape index (κ2) is 6.92. The van der Waals surface area contributed by atoms with E-state index >= 15 is 0 Å². The van der Waals surface area contributed by atoms with Crippen LogP contribution in [-0.2, 0) is 6.54 Å². The maximum atomic E-state index is 9.27. The molecule has 0 amide bonds. The summed E-state index contributed by atoms with van der Waals surface area (Å²) in [4.78, 5) is 6.94. The lowest BCUT2D eigenvalue weighted by Gasteiger charge is -2.22. The third-order valence-corrected chi connectivity index (χ3v) is 4.73. The largest absolute Gasteiger partial charge is 0.460 e. The molecule has 4 nitrogen and oxygen atoms in total. The fourth-order valence-corrected chi connectivity index (χ4v) is 3.53. The Morgan fingerprint density at radius 2 is 2.00 bits per heavy atom. The molecule has 1 unspecified atom stereocenters. The highest BCUT2D eigenvalue weighted by atomic mass is 16.3. The van der Waals surface area contributed by atoms with Gasteiger partial charge in [-0.2, -0.15) is 5.26 Å². The van der Waals surface area contributed by atoms with E-state index in [2.05, 4.69) is 22.0 Å². The minimum atomic E-state index is 0.348. The average Bonchev–Trinajstić information content (AvgIpc) is 3.32. The minimum Gasteiger partial charge on any atom is -0.460 e. The van der Waals surface area contributed by atoms with Crippen LogP contribution in [0.3, 0.4) is 0 Å². The van der Waals surface area contributed by atoms with E-state index in [1.807, 2.05) is 54.7 Å². The van der Waals surface area contributed by atoms with E-state index in [-0.39, 0.29) is 0 Å². The molecule has 0 bridgehead atoms. The first kappa shape index (κ1) is 15.6. The lowest BCUT2D eigenvalue weighted by atomic mass is 10.1. The molecular formula is C21H19N3O. The van der Waals surface area contributed by atoms with E-state index in [9.17, 15) is 5.26 Å². The quantitative estimate of drug-likeness (QED) is 0.704. The Balaban J connectivity index is 1.54. The van der Waals surface area contributed by atoms with Gasteiger partial charge in [0.1, 0.15) is 11.5 Å². The first-order chi connectivity index (χ1) is 12.3. The lowest BCUT2D eigenvalue weighted by molar-refractivity contribution is 0.225. The van der Waals surface area contributed by atoms with Gasteiger partial charge >= 0.3 is 0 Å². The predicted octanol–water partition coefficient (Wildman–Crippen LogP) is 4.55. The van der Waals surface area contributed by atoms with Crippen LogP contribution >= 0.6 is 0 Å². The molecule has 1 fully saturated rings. The molecule has 4 heteroatoms. The monoisotopic (exact) mass is 329 g/mol. The number of nitriles is 1. The first-order valence-corrected chi connectivity index (χ1v) is 8.58. The van der Waals surface area contributed by atoms with E-state index in [1.165, 1.54) is 6.42 Å². The smallest absolute Gasteiger partial charge is 0.135 e. The van der Waals surface area contributed by atoms with Crippen molar-refractivity contribution >= 4 is 0 Å².